The van der Waals surface area contributed by atoms with Crippen LogP contribution < -0.4 is 10.5 Å². The molecule has 5 nitrogen and oxygen atoms in total. The van der Waals surface area contributed by atoms with Crippen LogP contribution >= 0.6 is 0 Å². The lowest BCUT2D eigenvalue weighted by Crippen LogP contribution is -2.13. The summed E-state index contributed by atoms with van der Waals surface area (Å²) in [6.07, 6.45) is 1.77. The standard InChI is InChI=1S/C18H19N3O2S/c1-12-5-3-8-16-17(9-10-20-18(12)16)21-13(2)14-6-4-7-15(11-14)24(19,22)23/h3-11,13H,1-2H3,(H,20,21)(H2,19,22,23)/t13-/m0/s1. The normalized spacial score (nSPS) is 13.0. The van der Waals surface area contributed by atoms with Crippen LogP contribution in [-0.2, 0) is 10.0 Å². The average Bonchev–Trinajstić information content (AvgIpc) is 2.55. The molecule has 0 fully saturated rings. The molecule has 0 radical (unpaired) electrons. The van der Waals surface area contributed by atoms with Crippen molar-refractivity contribution in [2.45, 2.75) is 24.8 Å². The van der Waals surface area contributed by atoms with Gasteiger partial charge in [0.1, 0.15) is 0 Å². The summed E-state index contributed by atoms with van der Waals surface area (Å²) in [4.78, 5) is 4.55. The maximum absolute atomic E-state index is 11.5. The molecule has 124 valence electrons. The number of sulfonamides is 1. The summed E-state index contributed by atoms with van der Waals surface area (Å²) in [5, 5.41) is 9.68. The van der Waals surface area contributed by atoms with Crippen LogP contribution in [-0.4, -0.2) is 13.4 Å². The molecule has 3 rings (SSSR count). The number of hydrogen-bond acceptors (Lipinski definition) is 4. The van der Waals surface area contributed by atoms with Gasteiger partial charge in [-0.1, -0.05) is 30.3 Å². The third kappa shape index (κ3) is 3.25. The molecule has 2 aromatic carbocycles. The first-order valence-electron chi connectivity index (χ1n) is 7.60. The number of hydrogen-bond donors (Lipinski definition) is 2. The van der Waals surface area contributed by atoms with E-state index in [0.717, 1.165) is 27.7 Å². The smallest absolute Gasteiger partial charge is 0.238 e. The first kappa shape index (κ1) is 16.4. The lowest BCUT2D eigenvalue weighted by molar-refractivity contribution is 0.597. The predicted molar refractivity (Wildman–Crippen MR) is 96.3 cm³/mol. The van der Waals surface area contributed by atoms with Crippen molar-refractivity contribution in [3.05, 3.63) is 65.9 Å². The lowest BCUT2D eigenvalue weighted by Gasteiger charge is -2.18. The van der Waals surface area contributed by atoms with Crippen LogP contribution in [0.25, 0.3) is 10.9 Å². The SMILES string of the molecule is Cc1cccc2c(N[C@@H](C)c3cccc(S(N)(=O)=O)c3)ccnc12. The number of para-hydroxylation sites is 1. The fourth-order valence-corrected chi connectivity index (χ4v) is 3.30. The molecule has 0 bridgehead atoms. The van der Waals surface area contributed by atoms with E-state index in [1.165, 1.54) is 6.07 Å². The van der Waals surface area contributed by atoms with Gasteiger partial charge in [-0.2, -0.15) is 0 Å². The highest BCUT2D eigenvalue weighted by atomic mass is 32.2. The van der Waals surface area contributed by atoms with E-state index in [2.05, 4.69) is 10.3 Å². The second-order valence-corrected chi connectivity index (χ2v) is 7.37. The second kappa shape index (κ2) is 6.22. The van der Waals surface area contributed by atoms with Gasteiger partial charge in [0.15, 0.2) is 0 Å². The molecule has 0 aliphatic heterocycles. The van der Waals surface area contributed by atoms with E-state index in [4.69, 9.17) is 5.14 Å². The molecule has 6 heteroatoms. The first-order chi connectivity index (χ1) is 11.4. The summed E-state index contributed by atoms with van der Waals surface area (Å²) < 4.78 is 23.1. The van der Waals surface area contributed by atoms with Gasteiger partial charge in [-0.25, -0.2) is 13.6 Å². The van der Waals surface area contributed by atoms with Crippen molar-refractivity contribution in [2.24, 2.45) is 5.14 Å². The quantitative estimate of drug-likeness (QED) is 0.762. The van der Waals surface area contributed by atoms with Gasteiger partial charge in [0.05, 0.1) is 10.4 Å². The third-order valence-electron chi connectivity index (χ3n) is 4.03. The van der Waals surface area contributed by atoms with Gasteiger partial charge in [-0.3, -0.25) is 4.98 Å². The fourth-order valence-electron chi connectivity index (χ4n) is 2.73. The Labute approximate surface area is 141 Å². The predicted octanol–water partition coefficient (Wildman–Crippen LogP) is 3.36. The molecule has 3 N–H and O–H groups in total. The Hall–Kier alpha value is -2.44. The fraction of sp³-hybridized carbons (Fsp3) is 0.167. The molecule has 0 saturated heterocycles. The molecule has 0 spiro atoms. The van der Waals surface area contributed by atoms with Crippen LogP contribution in [0, 0.1) is 6.92 Å². The Morgan fingerprint density at radius 2 is 1.88 bits per heavy atom. The highest BCUT2D eigenvalue weighted by Crippen LogP contribution is 2.28. The van der Waals surface area contributed by atoms with Gasteiger partial charge in [-0.15, -0.1) is 0 Å². The van der Waals surface area contributed by atoms with Crippen molar-refractivity contribution in [1.82, 2.24) is 4.98 Å². The van der Waals surface area contributed by atoms with Crippen LogP contribution in [0.2, 0.25) is 0 Å². The van der Waals surface area contributed by atoms with Gasteiger partial charge < -0.3 is 5.32 Å². The summed E-state index contributed by atoms with van der Waals surface area (Å²) in [6, 6.07) is 14.5. The number of rotatable bonds is 4. The van der Waals surface area contributed by atoms with Crippen molar-refractivity contribution in [3.63, 3.8) is 0 Å². The van der Waals surface area contributed by atoms with E-state index in [1.807, 2.05) is 44.2 Å². The molecular formula is C18H19N3O2S. The third-order valence-corrected chi connectivity index (χ3v) is 4.94. The van der Waals surface area contributed by atoms with E-state index in [-0.39, 0.29) is 10.9 Å². The minimum absolute atomic E-state index is 0.0854. The lowest BCUT2D eigenvalue weighted by atomic mass is 10.1. The highest BCUT2D eigenvalue weighted by molar-refractivity contribution is 7.89. The number of primary sulfonamides is 1. The minimum atomic E-state index is -3.71. The van der Waals surface area contributed by atoms with Gasteiger partial charge in [0.2, 0.25) is 10.0 Å². The minimum Gasteiger partial charge on any atom is -0.378 e. The van der Waals surface area contributed by atoms with Gasteiger partial charge >= 0.3 is 0 Å². The molecule has 0 saturated carbocycles. The van der Waals surface area contributed by atoms with Crippen molar-refractivity contribution in [3.8, 4) is 0 Å². The molecule has 0 unspecified atom stereocenters. The number of aromatic nitrogens is 1. The van der Waals surface area contributed by atoms with Gasteiger partial charge in [0, 0.05) is 23.3 Å². The number of benzene rings is 2. The molecule has 1 aromatic heterocycles. The molecule has 24 heavy (non-hydrogen) atoms. The van der Waals surface area contributed by atoms with Crippen molar-refractivity contribution in [1.29, 1.82) is 0 Å². The van der Waals surface area contributed by atoms with E-state index < -0.39 is 10.0 Å². The van der Waals surface area contributed by atoms with Gasteiger partial charge in [-0.05, 0) is 43.2 Å². The molecule has 1 heterocycles. The van der Waals surface area contributed by atoms with Crippen molar-refractivity contribution >= 4 is 26.6 Å². The number of nitrogens with one attached hydrogen (secondary N) is 1. The van der Waals surface area contributed by atoms with Crippen LogP contribution in [0.1, 0.15) is 24.1 Å². The van der Waals surface area contributed by atoms with E-state index in [1.54, 1.807) is 18.3 Å². The zero-order valence-corrected chi connectivity index (χ0v) is 14.3. The van der Waals surface area contributed by atoms with Crippen molar-refractivity contribution < 1.29 is 8.42 Å². The van der Waals surface area contributed by atoms with Crippen LogP contribution in [0.15, 0.2) is 59.6 Å². The monoisotopic (exact) mass is 341 g/mol. The number of nitrogens with two attached hydrogens (primary N) is 1. The van der Waals surface area contributed by atoms with E-state index in [9.17, 15) is 8.42 Å². The summed E-state index contributed by atoms with van der Waals surface area (Å²) in [7, 11) is -3.71. The maximum atomic E-state index is 11.5. The van der Waals surface area contributed by atoms with E-state index >= 15 is 0 Å². The second-order valence-electron chi connectivity index (χ2n) is 5.81. The Bertz CT molecular complexity index is 1000. The Kier molecular flexibility index (Phi) is 4.26. The average molecular weight is 341 g/mol. The summed E-state index contributed by atoms with van der Waals surface area (Å²) >= 11 is 0. The summed E-state index contributed by atoms with van der Waals surface area (Å²) in [5.74, 6) is 0. The van der Waals surface area contributed by atoms with E-state index in [0.29, 0.717) is 0 Å². The van der Waals surface area contributed by atoms with Crippen molar-refractivity contribution in [2.75, 3.05) is 5.32 Å². The molecular weight excluding hydrogens is 322 g/mol. The number of pyridine rings is 1. The number of anilines is 1. The van der Waals surface area contributed by atoms with Crippen LogP contribution in [0.4, 0.5) is 5.69 Å². The largest absolute Gasteiger partial charge is 0.378 e. The summed E-state index contributed by atoms with van der Waals surface area (Å²) in [6.45, 7) is 4.00. The molecule has 3 aromatic rings. The van der Waals surface area contributed by atoms with Crippen LogP contribution in [0.5, 0.6) is 0 Å². The summed E-state index contributed by atoms with van der Waals surface area (Å²) in [5.41, 5.74) is 3.87. The number of aryl methyl sites for hydroxylation is 1. The molecule has 0 aliphatic carbocycles. The van der Waals surface area contributed by atoms with Crippen LogP contribution in [0.3, 0.4) is 0 Å². The zero-order chi connectivity index (χ0) is 17.3. The maximum Gasteiger partial charge on any atom is 0.238 e. The Balaban J connectivity index is 1.96. The molecule has 0 amide bonds. The van der Waals surface area contributed by atoms with Gasteiger partial charge in [0.25, 0.3) is 0 Å². The molecule has 0 aliphatic rings. The number of nitrogens with zero attached hydrogens (tertiary/aromatic N) is 1. The first-order valence-corrected chi connectivity index (χ1v) is 9.14. The highest BCUT2D eigenvalue weighted by Gasteiger charge is 2.13. The Morgan fingerprint density at radius 3 is 2.62 bits per heavy atom. The molecule has 1 atom stereocenters. The number of fused-ring (bicyclic) bond motifs is 1. The Morgan fingerprint density at radius 1 is 1.12 bits per heavy atom. The topological polar surface area (TPSA) is 85.1 Å². The zero-order valence-electron chi connectivity index (χ0n) is 13.5.